The monoisotopic (exact) mass is 309 g/mol. The zero-order valence-corrected chi connectivity index (χ0v) is 12.6. The zero-order chi connectivity index (χ0) is 12.3. The quantitative estimate of drug-likeness (QED) is 0.897. The van der Waals surface area contributed by atoms with E-state index in [1.54, 1.807) is 6.92 Å². The Morgan fingerprint density at radius 3 is 2.58 bits per heavy atom. The van der Waals surface area contributed by atoms with E-state index in [-0.39, 0.29) is 42.0 Å². The molecule has 1 saturated carbocycles. The Morgan fingerprint density at radius 2 is 2.05 bits per heavy atom. The van der Waals surface area contributed by atoms with Crippen LogP contribution in [0.4, 0.5) is 0 Å². The Kier molecular flexibility index (Phi) is 7.41. The maximum absolute atomic E-state index is 11.8. The molecule has 0 aliphatic heterocycles. The van der Waals surface area contributed by atoms with Gasteiger partial charge >= 0.3 is 0 Å². The van der Waals surface area contributed by atoms with Crippen LogP contribution in [0, 0.1) is 6.92 Å². The molecule has 1 fully saturated rings. The SMILES string of the molecule is Cc1ncoc1C(=O)NCC1(N)CCCCC1.Cl.Cl. The average molecular weight is 310 g/mol. The van der Waals surface area contributed by atoms with Crippen molar-refractivity contribution >= 4 is 30.7 Å². The number of nitrogens with zero attached hydrogens (tertiary/aromatic N) is 1. The maximum Gasteiger partial charge on any atom is 0.289 e. The summed E-state index contributed by atoms with van der Waals surface area (Å²) >= 11 is 0. The van der Waals surface area contributed by atoms with Gasteiger partial charge in [0, 0.05) is 12.1 Å². The molecule has 1 aromatic heterocycles. The van der Waals surface area contributed by atoms with E-state index in [9.17, 15) is 4.79 Å². The Hall–Kier alpha value is -0.780. The summed E-state index contributed by atoms with van der Waals surface area (Å²) in [5.41, 5.74) is 6.60. The minimum Gasteiger partial charge on any atom is -0.438 e. The summed E-state index contributed by atoms with van der Waals surface area (Å²) in [5.74, 6) is 0.0554. The number of nitrogens with one attached hydrogen (secondary N) is 1. The number of hydrogen-bond donors (Lipinski definition) is 2. The maximum atomic E-state index is 11.8. The zero-order valence-electron chi connectivity index (χ0n) is 11.0. The highest BCUT2D eigenvalue weighted by Gasteiger charge is 2.28. The molecule has 1 heterocycles. The number of oxazole rings is 1. The first-order chi connectivity index (χ1) is 8.11. The van der Waals surface area contributed by atoms with E-state index in [1.807, 2.05) is 0 Å². The summed E-state index contributed by atoms with van der Waals surface area (Å²) in [6.07, 6.45) is 6.77. The van der Waals surface area contributed by atoms with Crippen molar-refractivity contribution in [3.8, 4) is 0 Å². The van der Waals surface area contributed by atoms with E-state index in [0.29, 0.717) is 12.2 Å². The van der Waals surface area contributed by atoms with Crippen molar-refractivity contribution in [3.05, 3.63) is 17.8 Å². The van der Waals surface area contributed by atoms with Crippen LogP contribution in [-0.2, 0) is 0 Å². The lowest BCUT2D eigenvalue weighted by Gasteiger charge is -2.33. The van der Waals surface area contributed by atoms with Gasteiger partial charge in [-0.1, -0.05) is 19.3 Å². The first-order valence-corrected chi connectivity index (χ1v) is 6.08. The van der Waals surface area contributed by atoms with Crippen LogP contribution in [0.15, 0.2) is 10.8 Å². The number of carbonyl (C=O) groups excluding carboxylic acids is 1. The summed E-state index contributed by atoms with van der Waals surface area (Å²) in [6, 6.07) is 0. The molecule has 0 atom stereocenters. The van der Waals surface area contributed by atoms with Crippen molar-refractivity contribution in [3.63, 3.8) is 0 Å². The molecule has 0 saturated heterocycles. The van der Waals surface area contributed by atoms with Crippen LogP contribution in [-0.4, -0.2) is 23.0 Å². The topological polar surface area (TPSA) is 81.2 Å². The predicted octanol–water partition coefficient (Wildman–Crippen LogP) is 2.22. The van der Waals surface area contributed by atoms with Crippen molar-refractivity contribution in [1.29, 1.82) is 0 Å². The number of aryl methyl sites for hydroxylation is 1. The van der Waals surface area contributed by atoms with Crippen LogP contribution >= 0.6 is 24.8 Å². The normalized spacial score (nSPS) is 16.9. The van der Waals surface area contributed by atoms with Gasteiger partial charge in [-0.25, -0.2) is 4.98 Å². The minimum absolute atomic E-state index is 0. The lowest BCUT2D eigenvalue weighted by atomic mass is 9.82. The van der Waals surface area contributed by atoms with Crippen LogP contribution in [0.1, 0.15) is 48.4 Å². The molecule has 1 aliphatic carbocycles. The average Bonchev–Trinajstić information content (AvgIpc) is 2.74. The first kappa shape index (κ1) is 18.2. The van der Waals surface area contributed by atoms with E-state index in [4.69, 9.17) is 10.2 Å². The molecule has 19 heavy (non-hydrogen) atoms. The second-order valence-corrected chi connectivity index (χ2v) is 4.87. The second kappa shape index (κ2) is 7.72. The van der Waals surface area contributed by atoms with Crippen molar-refractivity contribution in [2.24, 2.45) is 5.73 Å². The molecule has 0 radical (unpaired) electrons. The lowest BCUT2D eigenvalue weighted by Crippen LogP contribution is -2.51. The summed E-state index contributed by atoms with van der Waals surface area (Å²) in [6.45, 7) is 2.25. The molecule has 0 aromatic carbocycles. The molecule has 3 N–H and O–H groups in total. The number of carbonyl (C=O) groups is 1. The fourth-order valence-electron chi connectivity index (χ4n) is 2.29. The highest BCUT2D eigenvalue weighted by molar-refractivity contribution is 5.92. The van der Waals surface area contributed by atoms with Gasteiger partial charge in [-0.05, 0) is 19.8 Å². The molecule has 1 aliphatic rings. The molecule has 1 amide bonds. The third kappa shape index (κ3) is 4.67. The Morgan fingerprint density at radius 1 is 1.42 bits per heavy atom. The van der Waals surface area contributed by atoms with E-state index in [0.717, 1.165) is 25.7 Å². The fraction of sp³-hybridized carbons (Fsp3) is 0.667. The van der Waals surface area contributed by atoms with Gasteiger partial charge < -0.3 is 15.5 Å². The van der Waals surface area contributed by atoms with E-state index in [2.05, 4.69) is 10.3 Å². The highest BCUT2D eigenvalue weighted by Crippen LogP contribution is 2.25. The van der Waals surface area contributed by atoms with Crippen LogP contribution in [0.5, 0.6) is 0 Å². The molecule has 0 spiro atoms. The minimum atomic E-state index is -0.248. The molecule has 0 bridgehead atoms. The van der Waals surface area contributed by atoms with Gasteiger partial charge in [0.2, 0.25) is 5.76 Å². The van der Waals surface area contributed by atoms with Crippen LogP contribution in [0.25, 0.3) is 0 Å². The third-order valence-electron chi connectivity index (χ3n) is 3.40. The van der Waals surface area contributed by atoms with Gasteiger partial charge in [0.05, 0.1) is 5.69 Å². The predicted molar refractivity (Wildman–Crippen MR) is 78.1 cm³/mol. The number of rotatable bonds is 3. The van der Waals surface area contributed by atoms with Gasteiger partial charge in [0.15, 0.2) is 6.39 Å². The molecule has 2 rings (SSSR count). The molecule has 7 heteroatoms. The summed E-state index contributed by atoms with van der Waals surface area (Å²) in [4.78, 5) is 15.7. The third-order valence-corrected chi connectivity index (χ3v) is 3.40. The van der Waals surface area contributed by atoms with Crippen LogP contribution in [0.3, 0.4) is 0 Å². The van der Waals surface area contributed by atoms with E-state index in [1.165, 1.54) is 12.8 Å². The molecule has 0 unspecified atom stereocenters. The lowest BCUT2D eigenvalue weighted by molar-refractivity contribution is 0.0909. The molecule has 110 valence electrons. The highest BCUT2D eigenvalue weighted by atomic mass is 35.5. The smallest absolute Gasteiger partial charge is 0.289 e. The second-order valence-electron chi connectivity index (χ2n) is 4.87. The first-order valence-electron chi connectivity index (χ1n) is 6.08. The van der Waals surface area contributed by atoms with E-state index < -0.39 is 0 Å². The largest absolute Gasteiger partial charge is 0.438 e. The molecular weight excluding hydrogens is 289 g/mol. The molecule has 5 nitrogen and oxygen atoms in total. The summed E-state index contributed by atoms with van der Waals surface area (Å²) in [7, 11) is 0. The van der Waals surface area contributed by atoms with Gasteiger partial charge in [0.25, 0.3) is 5.91 Å². The van der Waals surface area contributed by atoms with E-state index >= 15 is 0 Å². The van der Waals surface area contributed by atoms with Gasteiger partial charge in [-0.3, -0.25) is 4.79 Å². The number of aromatic nitrogens is 1. The Labute approximate surface area is 125 Å². The standard InChI is InChI=1S/C12H19N3O2.2ClH/c1-9-10(17-8-15-9)11(16)14-7-12(13)5-3-2-4-6-12;;/h8H,2-7,13H2,1H3,(H,14,16);2*1H. The van der Waals surface area contributed by atoms with Crippen molar-refractivity contribution in [2.45, 2.75) is 44.6 Å². The van der Waals surface area contributed by atoms with Crippen molar-refractivity contribution in [1.82, 2.24) is 10.3 Å². The number of amides is 1. The van der Waals surface area contributed by atoms with Gasteiger partial charge in [-0.15, -0.1) is 24.8 Å². The van der Waals surface area contributed by atoms with Crippen LogP contribution < -0.4 is 11.1 Å². The van der Waals surface area contributed by atoms with Gasteiger partial charge in [-0.2, -0.15) is 0 Å². The molecular formula is C12H21Cl2N3O2. The van der Waals surface area contributed by atoms with Crippen LogP contribution in [0.2, 0.25) is 0 Å². The summed E-state index contributed by atoms with van der Waals surface area (Å²) in [5, 5.41) is 2.84. The number of hydrogen-bond acceptors (Lipinski definition) is 4. The fourth-order valence-corrected chi connectivity index (χ4v) is 2.29. The van der Waals surface area contributed by atoms with Gasteiger partial charge in [0.1, 0.15) is 0 Å². The molecule has 1 aromatic rings. The Balaban J connectivity index is 0.00000162. The number of nitrogens with two attached hydrogens (primary N) is 1. The Bertz CT molecular complexity index is 403. The van der Waals surface area contributed by atoms with Crippen molar-refractivity contribution in [2.75, 3.05) is 6.54 Å². The summed E-state index contributed by atoms with van der Waals surface area (Å²) < 4.78 is 5.03. The number of halogens is 2. The van der Waals surface area contributed by atoms with Crippen molar-refractivity contribution < 1.29 is 9.21 Å².